The lowest BCUT2D eigenvalue weighted by molar-refractivity contribution is -0.144. The Hall–Kier alpha value is -7.72. The highest BCUT2D eigenvalue weighted by Gasteiger charge is 2.41. The van der Waals surface area contributed by atoms with E-state index in [4.69, 9.17) is 21.7 Å². The molecule has 1 aliphatic heterocycles. The summed E-state index contributed by atoms with van der Waals surface area (Å²) in [4.78, 5) is 169. The summed E-state index contributed by atoms with van der Waals surface area (Å²) in [5.41, 5.74) is 11.8. The Morgan fingerprint density at radius 2 is 1.08 bits per heavy atom. The van der Waals surface area contributed by atoms with Gasteiger partial charge in [-0.15, -0.1) is 0 Å². The van der Waals surface area contributed by atoms with Crippen LogP contribution in [-0.4, -0.2) is 222 Å². The maximum atomic E-state index is 14.0. The van der Waals surface area contributed by atoms with Crippen LogP contribution in [0.15, 0.2) is 24.3 Å². The van der Waals surface area contributed by atoms with Crippen LogP contribution >= 0.6 is 12.6 Å². The van der Waals surface area contributed by atoms with Gasteiger partial charge in [0.15, 0.2) is 0 Å². The molecule has 10 amide bonds. The van der Waals surface area contributed by atoms with Crippen LogP contribution in [0.25, 0.3) is 0 Å². The zero-order chi connectivity index (χ0) is 62.8. The van der Waals surface area contributed by atoms with Crippen molar-refractivity contribution >= 4 is 89.6 Å². The molecule has 0 bridgehead atoms. The lowest BCUT2D eigenvalue weighted by Crippen LogP contribution is -2.62. The van der Waals surface area contributed by atoms with E-state index in [1.807, 2.05) is 0 Å². The molecule has 1 fully saturated rings. The molecular weight excluding hydrogens is 1120 g/mol. The Bertz CT molecular complexity index is 2450. The van der Waals surface area contributed by atoms with Crippen LogP contribution < -0.4 is 59.3 Å². The van der Waals surface area contributed by atoms with Crippen LogP contribution in [0, 0.1) is 0 Å². The third-order valence-electron chi connectivity index (χ3n) is 12.9. The molecule has 32 nitrogen and oxygen atoms in total. The maximum Gasteiger partial charge on any atom is 0.326 e. The first kappa shape index (κ1) is 71.4. The molecule has 1 heterocycles. The van der Waals surface area contributed by atoms with Crippen LogP contribution in [0.5, 0.6) is 5.75 Å². The Kier molecular flexibility index (Phi) is 30.4. The second-order valence-corrected chi connectivity index (χ2v) is 20.1. The van der Waals surface area contributed by atoms with Gasteiger partial charge in [0.1, 0.15) is 66.2 Å². The van der Waals surface area contributed by atoms with E-state index in [0.717, 1.165) is 11.8 Å². The molecule has 0 saturated carbocycles. The Balaban J connectivity index is 2.19. The highest BCUT2D eigenvalue weighted by Crippen LogP contribution is 2.20. The highest BCUT2D eigenvalue weighted by molar-refractivity contribution is 7.80. The number of phenolic OH excluding ortho intramolecular Hbond substituents is 1. The van der Waals surface area contributed by atoms with Crippen molar-refractivity contribution in [2.45, 2.75) is 171 Å². The summed E-state index contributed by atoms with van der Waals surface area (Å²) in [6, 6.07) is -11.4. The minimum atomic E-state index is -1.74. The van der Waals surface area contributed by atoms with Crippen LogP contribution in [0.2, 0.25) is 0 Å². The van der Waals surface area contributed by atoms with Gasteiger partial charge < -0.3 is 100.0 Å². The number of unbranched alkanes of at least 4 members (excludes halogenated alkanes) is 1. The van der Waals surface area contributed by atoms with Crippen molar-refractivity contribution in [3.8, 4) is 5.75 Å². The predicted molar refractivity (Wildman–Crippen MR) is 292 cm³/mol. The number of aliphatic hydroxyl groups excluding tert-OH is 3. The number of nitrogens with zero attached hydrogens (tertiary/aromatic N) is 1. The van der Waals surface area contributed by atoms with E-state index >= 15 is 0 Å². The number of aliphatic hydroxyl groups is 3. The Morgan fingerprint density at radius 1 is 0.590 bits per heavy atom. The van der Waals surface area contributed by atoms with Gasteiger partial charge in [0.05, 0.1) is 24.9 Å². The molecule has 83 heavy (non-hydrogen) atoms. The molecule has 2 rings (SSSR count). The zero-order valence-electron chi connectivity index (χ0n) is 46.2. The van der Waals surface area contributed by atoms with E-state index in [2.05, 4.69) is 60.5 Å². The number of aliphatic carboxylic acids is 3. The Labute approximate surface area is 482 Å². The highest BCUT2D eigenvalue weighted by atomic mass is 32.1. The second-order valence-electron chi connectivity index (χ2n) is 19.7. The fourth-order valence-corrected chi connectivity index (χ4v) is 8.36. The number of hydrogen-bond donors (Lipinski definition) is 19. The quantitative estimate of drug-likeness (QED) is 0.0219. The average Bonchev–Trinajstić information content (AvgIpc) is 4.17. The monoisotopic (exact) mass is 1200 g/mol. The van der Waals surface area contributed by atoms with Crippen LogP contribution in [0.3, 0.4) is 0 Å². The van der Waals surface area contributed by atoms with E-state index < -0.39 is 187 Å². The van der Waals surface area contributed by atoms with Gasteiger partial charge in [0.2, 0.25) is 59.1 Å². The SMILES string of the molecule is C[C@H](NC(=O)[C@H](CS)NC(=O)[C@H](Cc1ccc(O)cc1)NC(=O)[C@@H](NC(=O)[C@@H](N)CCC(=O)O)[C@@H](C)O)C(=O)N[C@H](C(=O)N1CCC[C@H]1C(=O)N[C@@H](C)C(=O)N[C@@H](CCCCN)C(=O)N[C@@H](CO)C(=O)N[C@@H](CCC(=O)O)C(=O)O)[C@@H](C)O. The third kappa shape index (κ3) is 24.0. The van der Waals surface area contributed by atoms with Gasteiger partial charge in [0.25, 0.3) is 0 Å². The number of carbonyl (C=O) groups excluding carboxylic acids is 10. The number of benzene rings is 1. The number of thiol groups is 1. The molecule has 0 unspecified atom stereocenters. The standard InChI is InChI=1S/C50H78N12O20S/c1-23(40(71)55-30(8-5-6-18-51)43(74)58-33(21-63)45(76)56-31(50(81)82)15-17-37(69)70)54-47(78)35-9-7-19-62(35)49(80)39(26(4)65)61-41(72)24(2)53-46(77)34(22-83)59-44(75)32(20-27-10-12-28(66)13-11-27)57-48(79)38(25(3)64)60-42(73)29(52)14-16-36(67)68/h10-13,23-26,29-35,38-39,63-66,83H,5-9,14-22,51-52H2,1-4H3,(H,53,77)(H,54,78)(H,55,71)(H,56,76)(H,57,79)(H,58,74)(H,59,75)(H,60,73)(H,61,72)(H,67,68)(H,69,70)(H,81,82)/t23-,24-,25+,26+,29-,30-,31-,32-,33-,34-,35-,38-,39-/m0/s1. The van der Waals surface area contributed by atoms with E-state index in [-0.39, 0.29) is 57.4 Å². The zero-order valence-corrected chi connectivity index (χ0v) is 47.1. The van der Waals surface area contributed by atoms with Gasteiger partial charge >= 0.3 is 17.9 Å². The summed E-state index contributed by atoms with van der Waals surface area (Å²) in [5, 5.41) is 89.2. The van der Waals surface area contributed by atoms with Gasteiger partial charge in [-0.2, -0.15) is 12.6 Å². The number of nitrogens with one attached hydrogen (secondary N) is 9. The van der Waals surface area contributed by atoms with E-state index in [0.29, 0.717) is 12.0 Å². The number of carboxylic acid groups (broad SMARTS) is 3. The molecule has 1 saturated heterocycles. The van der Waals surface area contributed by atoms with Crippen molar-refractivity contribution in [3.05, 3.63) is 29.8 Å². The number of amides is 10. The molecule has 13 atom stereocenters. The van der Waals surface area contributed by atoms with E-state index in [9.17, 15) is 87.9 Å². The lowest BCUT2D eigenvalue weighted by atomic mass is 10.0. The number of aromatic hydroxyl groups is 1. The van der Waals surface area contributed by atoms with Gasteiger partial charge in [-0.25, -0.2) is 4.79 Å². The molecule has 33 heteroatoms. The maximum absolute atomic E-state index is 14.0. The molecule has 0 aliphatic carbocycles. The second kappa shape index (κ2) is 35.3. The first-order valence-electron chi connectivity index (χ1n) is 26.5. The first-order chi connectivity index (χ1) is 38.9. The molecule has 0 spiro atoms. The number of nitrogens with two attached hydrogens (primary N) is 2. The van der Waals surface area contributed by atoms with Crippen molar-refractivity contribution in [2.24, 2.45) is 11.5 Å². The topological polar surface area (TPSA) is 527 Å². The minimum absolute atomic E-state index is 0.0484. The average molecular weight is 1200 g/mol. The summed E-state index contributed by atoms with van der Waals surface area (Å²) < 4.78 is 0. The number of hydrogen-bond acceptors (Lipinski definition) is 20. The third-order valence-corrected chi connectivity index (χ3v) is 13.3. The molecule has 0 radical (unpaired) electrons. The van der Waals surface area contributed by atoms with Gasteiger partial charge in [-0.05, 0) is 96.9 Å². The molecule has 20 N–H and O–H groups in total. The van der Waals surface area contributed by atoms with Crippen LogP contribution in [0.1, 0.15) is 91.0 Å². The number of carboxylic acids is 3. The van der Waals surface area contributed by atoms with Crippen molar-refractivity contribution < 1.29 is 98.1 Å². The summed E-state index contributed by atoms with van der Waals surface area (Å²) in [6.07, 6.45) is -4.46. The predicted octanol–water partition coefficient (Wildman–Crippen LogP) is -6.72. The van der Waals surface area contributed by atoms with Crippen molar-refractivity contribution in [3.63, 3.8) is 0 Å². The van der Waals surface area contributed by atoms with E-state index in [1.54, 1.807) is 0 Å². The summed E-state index contributed by atoms with van der Waals surface area (Å²) in [6.45, 7) is 3.91. The summed E-state index contributed by atoms with van der Waals surface area (Å²) in [5.74, 6) is -14.6. The number of carbonyl (C=O) groups is 13. The van der Waals surface area contributed by atoms with Crippen molar-refractivity contribution in [2.75, 3.05) is 25.4 Å². The fourth-order valence-electron chi connectivity index (χ4n) is 8.11. The summed E-state index contributed by atoms with van der Waals surface area (Å²) >= 11 is 4.17. The molecule has 1 aliphatic rings. The molecular formula is C50H78N12O20S. The molecule has 1 aromatic carbocycles. The van der Waals surface area contributed by atoms with Crippen LogP contribution in [0.4, 0.5) is 0 Å². The number of phenols is 1. The largest absolute Gasteiger partial charge is 0.508 e. The number of likely N-dealkylation sites (tertiary alicyclic amines) is 1. The Morgan fingerprint density at radius 3 is 1.64 bits per heavy atom. The molecule has 1 aromatic rings. The lowest BCUT2D eigenvalue weighted by Gasteiger charge is -2.31. The van der Waals surface area contributed by atoms with E-state index in [1.165, 1.54) is 45.0 Å². The van der Waals surface area contributed by atoms with Crippen molar-refractivity contribution in [1.29, 1.82) is 0 Å². The normalized spacial score (nSPS) is 17.3. The molecule has 0 aromatic heterocycles. The summed E-state index contributed by atoms with van der Waals surface area (Å²) in [7, 11) is 0. The van der Waals surface area contributed by atoms with Gasteiger partial charge in [-0.1, -0.05) is 12.1 Å². The smallest absolute Gasteiger partial charge is 0.326 e. The fraction of sp³-hybridized carbons (Fsp3) is 0.620. The van der Waals surface area contributed by atoms with Gasteiger partial charge in [-0.3, -0.25) is 57.5 Å². The van der Waals surface area contributed by atoms with Gasteiger partial charge in [0, 0.05) is 31.6 Å². The molecule has 464 valence electrons. The number of rotatable bonds is 36. The first-order valence-corrected chi connectivity index (χ1v) is 27.1. The minimum Gasteiger partial charge on any atom is -0.508 e. The van der Waals surface area contributed by atoms with Crippen molar-refractivity contribution in [1.82, 2.24) is 52.8 Å². The van der Waals surface area contributed by atoms with Crippen LogP contribution in [-0.2, 0) is 68.7 Å².